The van der Waals surface area contributed by atoms with Crippen molar-refractivity contribution in [1.29, 1.82) is 5.26 Å². The van der Waals surface area contributed by atoms with E-state index >= 15 is 0 Å². The number of piperidine rings is 1. The Bertz CT molecular complexity index is 1380. The maximum atomic E-state index is 13.4. The number of amides is 1. The smallest absolute Gasteiger partial charge is 0.248 e. The summed E-state index contributed by atoms with van der Waals surface area (Å²) >= 11 is 0. The Hall–Kier alpha value is -3.74. The average Bonchev–Trinajstić information content (AvgIpc) is 3.25. The molecule has 0 saturated carbocycles. The number of anilines is 1. The number of nitriles is 1. The molecule has 1 saturated heterocycles. The van der Waals surface area contributed by atoms with Gasteiger partial charge in [0.2, 0.25) is 15.9 Å². The van der Waals surface area contributed by atoms with Gasteiger partial charge in [0.15, 0.2) is 10.7 Å². The molecule has 1 aliphatic rings. The standard InChI is InChI=1S/C26H26N4O4S/c1-18-3-5-20(6-4-18)9-12-24-25(19(2)29-34-24)35(32,33)30-15-13-22(14-16-30)26(31)28-23-10-7-21(17-27)8-11-23/h3-12,22H,13-16H2,1-2H3,(H,28,31). The summed E-state index contributed by atoms with van der Waals surface area (Å²) in [6.45, 7) is 4.05. The quantitative estimate of drug-likeness (QED) is 0.548. The Morgan fingerprint density at radius 3 is 2.37 bits per heavy atom. The molecule has 2 aromatic carbocycles. The topological polar surface area (TPSA) is 116 Å². The summed E-state index contributed by atoms with van der Waals surface area (Å²) in [4.78, 5) is 12.7. The maximum Gasteiger partial charge on any atom is 0.248 e. The number of hydrogen-bond donors (Lipinski definition) is 1. The lowest BCUT2D eigenvalue weighted by Gasteiger charge is -2.30. The van der Waals surface area contributed by atoms with E-state index in [-0.39, 0.29) is 35.6 Å². The second-order valence-corrected chi connectivity index (χ2v) is 10.4. The van der Waals surface area contributed by atoms with Crippen LogP contribution in [0.3, 0.4) is 0 Å². The van der Waals surface area contributed by atoms with Crippen LogP contribution < -0.4 is 5.32 Å². The minimum absolute atomic E-state index is 0.0568. The van der Waals surface area contributed by atoms with Gasteiger partial charge in [0, 0.05) is 24.7 Å². The number of aromatic nitrogens is 1. The van der Waals surface area contributed by atoms with Crippen LogP contribution in [0.15, 0.2) is 57.9 Å². The summed E-state index contributed by atoms with van der Waals surface area (Å²) in [6, 6.07) is 16.5. The third-order valence-corrected chi connectivity index (χ3v) is 8.10. The van der Waals surface area contributed by atoms with Gasteiger partial charge in [0.1, 0.15) is 5.69 Å². The largest absolute Gasteiger partial charge is 0.355 e. The zero-order valence-electron chi connectivity index (χ0n) is 19.6. The molecule has 1 aromatic heterocycles. The van der Waals surface area contributed by atoms with Crippen molar-refractivity contribution < 1.29 is 17.7 Å². The zero-order chi connectivity index (χ0) is 25.0. The normalized spacial score (nSPS) is 15.2. The van der Waals surface area contributed by atoms with Crippen molar-refractivity contribution in [3.8, 4) is 6.07 Å². The van der Waals surface area contributed by atoms with Crippen molar-refractivity contribution in [3.63, 3.8) is 0 Å². The number of sulfonamides is 1. The lowest BCUT2D eigenvalue weighted by atomic mass is 9.97. The fourth-order valence-corrected chi connectivity index (χ4v) is 5.73. The molecule has 1 fully saturated rings. The molecule has 0 aliphatic carbocycles. The van der Waals surface area contributed by atoms with Gasteiger partial charge in [0.25, 0.3) is 0 Å². The van der Waals surface area contributed by atoms with Crippen molar-refractivity contribution >= 4 is 33.8 Å². The second kappa shape index (κ2) is 10.3. The van der Waals surface area contributed by atoms with Gasteiger partial charge in [-0.05, 0) is 62.6 Å². The minimum Gasteiger partial charge on any atom is -0.355 e. The molecule has 1 amide bonds. The molecule has 9 heteroatoms. The molecule has 0 atom stereocenters. The number of nitrogens with one attached hydrogen (secondary N) is 1. The Morgan fingerprint density at radius 1 is 1.09 bits per heavy atom. The molecular weight excluding hydrogens is 464 g/mol. The van der Waals surface area contributed by atoms with Gasteiger partial charge < -0.3 is 9.84 Å². The van der Waals surface area contributed by atoms with E-state index in [0.29, 0.717) is 29.8 Å². The van der Waals surface area contributed by atoms with E-state index < -0.39 is 10.0 Å². The van der Waals surface area contributed by atoms with Gasteiger partial charge in [-0.15, -0.1) is 0 Å². The fraction of sp³-hybridized carbons (Fsp3) is 0.269. The lowest BCUT2D eigenvalue weighted by Crippen LogP contribution is -2.41. The van der Waals surface area contributed by atoms with E-state index in [9.17, 15) is 13.2 Å². The molecule has 2 heterocycles. The molecule has 0 radical (unpaired) electrons. The van der Waals surface area contributed by atoms with E-state index in [0.717, 1.165) is 11.1 Å². The van der Waals surface area contributed by atoms with Crippen LogP contribution in [0.1, 0.15) is 41.0 Å². The van der Waals surface area contributed by atoms with Crippen LogP contribution in [-0.4, -0.2) is 36.9 Å². The van der Waals surface area contributed by atoms with Gasteiger partial charge in [-0.3, -0.25) is 4.79 Å². The Morgan fingerprint density at radius 2 is 1.74 bits per heavy atom. The highest BCUT2D eigenvalue weighted by atomic mass is 32.2. The van der Waals surface area contributed by atoms with Gasteiger partial charge in [0.05, 0.1) is 11.6 Å². The van der Waals surface area contributed by atoms with Crippen LogP contribution >= 0.6 is 0 Å². The molecule has 0 bridgehead atoms. The molecule has 0 unspecified atom stereocenters. The summed E-state index contributed by atoms with van der Waals surface area (Å²) < 4.78 is 33.6. The molecule has 180 valence electrons. The van der Waals surface area contributed by atoms with E-state index in [2.05, 4.69) is 10.5 Å². The SMILES string of the molecule is Cc1ccc(C=Cc2onc(C)c2S(=O)(=O)N2CCC(C(=O)Nc3ccc(C#N)cc3)CC2)cc1. The first-order valence-corrected chi connectivity index (χ1v) is 12.7. The Labute approximate surface area is 204 Å². The van der Waals surface area contributed by atoms with Gasteiger partial charge in [-0.2, -0.15) is 9.57 Å². The first-order valence-electron chi connectivity index (χ1n) is 11.3. The molecule has 1 N–H and O–H groups in total. The van der Waals surface area contributed by atoms with E-state index in [1.807, 2.05) is 37.3 Å². The summed E-state index contributed by atoms with van der Waals surface area (Å²) in [5.41, 5.74) is 3.47. The Kier molecular flexibility index (Phi) is 7.15. The third-order valence-electron chi connectivity index (χ3n) is 6.04. The average molecular weight is 491 g/mol. The molecule has 0 spiro atoms. The van der Waals surface area contributed by atoms with Crippen molar-refractivity contribution in [2.45, 2.75) is 31.6 Å². The number of aryl methyl sites for hydroxylation is 2. The highest BCUT2D eigenvalue weighted by Gasteiger charge is 2.35. The monoisotopic (exact) mass is 490 g/mol. The molecule has 3 aromatic rings. The summed E-state index contributed by atoms with van der Waals surface area (Å²) in [5, 5.41) is 15.6. The van der Waals surface area contributed by atoms with Crippen LogP contribution in [0.25, 0.3) is 12.2 Å². The number of rotatable bonds is 6. The number of carbonyl (C=O) groups is 1. The van der Waals surface area contributed by atoms with Crippen LogP contribution in [0.2, 0.25) is 0 Å². The molecular formula is C26H26N4O4S. The van der Waals surface area contributed by atoms with E-state index in [4.69, 9.17) is 9.78 Å². The van der Waals surface area contributed by atoms with Crippen LogP contribution in [0.5, 0.6) is 0 Å². The summed E-state index contributed by atoms with van der Waals surface area (Å²) in [5.74, 6) is -0.278. The maximum absolute atomic E-state index is 13.4. The zero-order valence-corrected chi connectivity index (χ0v) is 20.4. The van der Waals surface area contributed by atoms with Crippen molar-refractivity contribution in [3.05, 3.63) is 76.7 Å². The number of nitrogens with zero attached hydrogens (tertiary/aromatic N) is 3. The van der Waals surface area contributed by atoms with Gasteiger partial charge >= 0.3 is 0 Å². The van der Waals surface area contributed by atoms with Crippen LogP contribution in [-0.2, 0) is 14.8 Å². The van der Waals surface area contributed by atoms with E-state index in [1.54, 1.807) is 43.3 Å². The molecule has 8 nitrogen and oxygen atoms in total. The fourth-order valence-electron chi connectivity index (χ4n) is 4.01. The third kappa shape index (κ3) is 5.50. The van der Waals surface area contributed by atoms with Crippen molar-refractivity contribution in [1.82, 2.24) is 9.46 Å². The van der Waals surface area contributed by atoms with Gasteiger partial charge in [-0.1, -0.05) is 41.1 Å². The number of carbonyl (C=O) groups excluding carboxylic acids is 1. The molecule has 4 rings (SSSR count). The highest BCUT2D eigenvalue weighted by molar-refractivity contribution is 7.89. The molecule has 1 aliphatic heterocycles. The highest BCUT2D eigenvalue weighted by Crippen LogP contribution is 2.29. The minimum atomic E-state index is -3.84. The summed E-state index contributed by atoms with van der Waals surface area (Å²) in [6.07, 6.45) is 4.22. The van der Waals surface area contributed by atoms with Crippen molar-refractivity contribution in [2.75, 3.05) is 18.4 Å². The second-order valence-electron chi connectivity index (χ2n) is 8.56. The molecule has 35 heavy (non-hydrogen) atoms. The first-order chi connectivity index (χ1) is 16.8. The number of benzene rings is 2. The first kappa shape index (κ1) is 24.4. The Balaban J connectivity index is 1.43. The van der Waals surface area contributed by atoms with Crippen molar-refractivity contribution in [2.24, 2.45) is 5.92 Å². The lowest BCUT2D eigenvalue weighted by molar-refractivity contribution is -0.120. The van der Waals surface area contributed by atoms with Gasteiger partial charge in [-0.25, -0.2) is 8.42 Å². The van der Waals surface area contributed by atoms with Crippen LogP contribution in [0.4, 0.5) is 5.69 Å². The van der Waals surface area contributed by atoms with E-state index in [1.165, 1.54) is 4.31 Å². The predicted molar refractivity (Wildman–Crippen MR) is 133 cm³/mol. The predicted octanol–water partition coefficient (Wildman–Crippen LogP) is 4.37. The summed E-state index contributed by atoms with van der Waals surface area (Å²) in [7, 11) is -3.84. The number of hydrogen-bond acceptors (Lipinski definition) is 6. The van der Waals surface area contributed by atoms with Crippen LogP contribution in [0, 0.1) is 31.1 Å².